The smallest absolute Gasteiger partial charge is 0.153 e. The standard InChI is InChI=1S/C8H11BrN6S/c1-3-10-6(5-4-11-16-13-5)7-8(9)12-14-15(7)2/h4,6,10H,3H2,1-2H3. The average Bonchev–Trinajstić information content (AvgIpc) is 2.87. The number of nitrogens with one attached hydrogen (secondary N) is 1. The Hall–Kier alpha value is -0.860. The van der Waals surface area contributed by atoms with Crippen LogP contribution in [-0.4, -0.2) is 30.3 Å². The fraction of sp³-hybridized carbons (Fsp3) is 0.500. The van der Waals surface area contributed by atoms with Crippen molar-refractivity contribution in [1.82, 2.24) is 29.1 Å². The van der Waals surface area contributed by atoms with Crippen molar-refractivity contribution < 1.29 is 0 Å². The number of hydrogen-bond acceptors (Lipinski definition) is 6. The van der Waals surface area contributed by atoms with Crippen molar-refractivity contribution in [2.45, 2.75) is 13.0 Å². The molecule has 1 unspecified atom stereocenters. The van der Waals surface area contributed by atoms with Gasteiger partial charge in [-0.2, -0.15) is 8.75 Å². The third-order valence-electron chi connectivity index (χ3n) is 2.18. The van der Waals surface area contributed by atoms with Crippen LogP contribution in [0.5, 0.6) is 0 Å². The topological polar surface area (TPSA) is 68.5 Å². The van der Waals surface area contributed by atoms with E-state index in [4.69, 9.17) is 0 Å². The lowest BCUT2D eigenvalue weighted by molar-refractivity contribution is 0.560. The third-order valence-corrected chi connectivity index (χ3v) is 3.24. The van der Waals surface area contributed by atoms with Gasteiger partial charge in [0.05, 0.1) is 35.4 Å². The van der Waals surface area contributed by atoms with Crippen molar-refractivity contribution in [1.29, 1.82) is 0 Å². The molecule has 0 radical (unpaired) electrons. The van der Waals surface area contributed by atoms with Crippen molar-refractivity contribution in [3.05, 3.63) is 22.2 Å². The van der Waals surface area contributed by atoms with Crippen LogP contribution in [0.4, 0.5) is 0 Å². The van der Waals surface area contributed by atoms with Crippen LogP contribution in [0.25, 0.3) is 0 Å². The van der Waals surface area contributed by atoms with E-state index in [9.17, 15) is 0 Å². The summed E-state index contributed by atoms with van der Waals surface area (Å²) in [7, 11) is 1.86. The normalized spacial score (nSPS) is 12.9. The first-order valence-electron chi connectivity index (χ1n) is 4.80. The molecular weight excluding hydrogens is 292 g/mol. The Bertz CT molecular complexity index is 434. The summed E-state index contributed by atoms with van der Waals surface area (Å²) < 4.78 is 10.7. The van der Waals surface area contributed by atoms with Crippen LogP contribution in [0.2, 0.25) is 0 Å². The molecule has 0 saturated carbocycles. The predicted octanol–water partition coefficient (Wildman–Crippen LogP) is 1.13. The zero-order valence-corrected chi connectivity index (χ0v) is 11.3. The SMILES string of the molecule is CCNC(c1cnsn1)c1c(Br)nnn1C. The molecule has 1 N–H and O–H groups in total. The number of aromatic nitrogens is 5. The zero-order chi connectivity index (χ0) is 11.5. The summed E-state index contributed by atoms with van der Waals surface area (Å²) in [5, 5.41) is 11.3. The van der Waals surface area contributed by atoms with E-state index >= 15 is 0 Å². The Morgan fingerprint density at radius 2 is 2.44 bits per heavy atom. The van der Waals surface area contributed by atoms with Crippen LogP contribution in [0.1, 0.15) is 24.4 Å². The summed E-state index contributed by atoms with van der Waals surface area (Å²) >= 11 is 4.59. The summed E-state index contributed by atoms with van der Waals surface area (Å²) in [5.74, 6) is 0. The van der Waals surface area contributed by atoms with E-state index < -0.39 is 0 Å². The van der Waals surface area contributed by atoms with Crippen molar-refractivity contribution in [3.8, 4) is 0 Å². The van der Waals surface area contributed by atoms with Gasteiger partial charge in [-0.15, -0.1) is 5.10 Å². The largest absolute Gasteiger partial charge is 0.304 e. The second-order valence-electron chi connectivity index (χ2n) is 3.21. The number of nitrogens with zero attached hydrogens (tertiary/aromatic N) is 5. The van der Waals surface area contributed by atoms with Gasteiger partial charge < -0.3 is 5.32 Å². The lowest BCUT2D eigenvalue weighted by Gasteiger charge is -2.15. The molecule has 2 aromatic rings. The molecule has 0 aromatic carbocycles. The highest BCUT2D eigenvalue weighted by Gasteiger charge is 2.23. The van der Waals surface area contributed by atoms with Crippen LogP contribution in [0, 0.1) is 0 Å². The van der Waals surface area contributed by atoms with Crippen LogP contribution in [-0.2, 0) is 7.05 Å². The fourth-order valence-corrected chi connectivity index (χ4v) is 2.50. The lowest BCUT2D eigenvalue weighted by atomic mass is 10.1. The van der Waals surface area contributed by atoms with Gasteiger partial charge in [0.2, 0.25) is 0 Å². The van der Waals surface area contributed by atoms with Crippen LogP contribution < -0.4 is 5.32 Å². The molecule has 0 aliphatic carbocycles. The van der Waals surface area contributed by atoms with Crippen LogP contribution >= 0.6 is 27.7 Å². The third kappa shape index (κ3) is 2.13. The molecule has 6 nitrogen and oxygen atoms in total. The van der Waals surface area contributed by atoms with Crippen molar-refractivity contribution in [2.24, 2.45) is 7.05 Å². The minimum Gasteiger partial charge on any atom is -0.304 e. The summed E-state index contributed by atoms with van der Waals surface area (Å²) in [5.41, 5.74) is 1.84. The average molecular weight is 303 g/mol. The van der Waals surface area contributed by atoms with E-state index in [0.717, 1.165) is 22.5 Å². The Labute approximate surface area is 106 Å². The second kappa shape index (κ2) is 4.98. The molecule has 0 aliphatic rings. The monoisotopic (exact) mass is 302 g/mol. The second-order valence-corrected chi connectivity index (χ2v) is 4.52. The van der Waals surface area contributed by atoms with E-state index in [0.29, 0.717) is 0 Å². The molecule has 16 heavy (non-hydrogen) atoms. The maximum Gasteiger partial charge on any atom is 0.153 e. The van der Waals surface area contributed by atoms with Gasteiger partial charge in [-0.1, -0.05) is 12.1 Å². The molecule has 0 fully saturated rings. The summed E-state index contributed by atoms with van der Waals surface area (Å²) in [6, 6.07) is -0.0295. The maximum absolute atomic E-state index is 4.25. The molecule has 2 aromatic heterocycles. The van der Waals surface area contributed by atoms with E-state index in [1.807, 2.05) is 14.0 Å². The van der Waals surface area contributed by atoms with Gasteiger partial charge in [-0.3, -0.25) is 0 Å². The minimum absolute atomic E-state index is 0.0295. The van der Waals surface area contributed by atoms with E-state index in [-0.39, 0.29) is 6.04 Å². The molecule has 0 amide bonds. The van der Waals surface area contributed by atoms with Crippen molar-refractivity contribution in [3.63, 3.8) is 0 Å². The first-order chi connectivity index (χ1) is 7.74. The predicted molar refractivity (Wildman–Crippen MR) is 64.1 cm³/mol. The van der Waals surface area contributed by atoms with Crippen molar-refractivity contribution >= 4 is 27.7 Å². The summed E-state index contributed by atoms with van der Waals surface area (Å²) in [4.78, 5) is 0. The van der Waals surface area contributed by atoms with Crippen molar-refractivity contribution in [2.75, 3.05) is 6.54 Å². The molecule has 8 heteroatoms. The van der Waals surface area contributed by atoms with Gasteiger partial charge in [-0.05, 0) is 22.5 Å². The van der Waals surface area contributed by atoms with E-state index in [1.165, 1.54) is 11.7 Å². The van der Waals surface area contributed by atoms with Gasteiger partial charge in [0.15, 0.2) is 4.60 Å². The van der Waals surface area contributed by atoms with E-state index in [2.05, 4.69) is 40.3 Å². The number of halogens is 1. The van der Waals surface area contributed by atoms with Crippen LogP contribution in [0.15, 0.2) is 10.8 Å². The Morgan fingerprint density at radius 3 is 2.94 bits per heavy atom. The highest BCUT2D eigenvalue weighted by Crippen LogP contribution is 2.25. The quantitative estimate of drug-likeness (QED) is 0.917. The summed E-state index contributed by atoms with van der Waals surface area (Å²) in [6.07, 6.45) is 1.76. The molecule has 1 atom stereocenters. The van der Waals surface area contributed by atoms with Crippen LogP contribution in [0.3, 0.4) is 0 Å². The molecule has 86 valence electrons. The highest BCUT2D eigenvalue weighted by molar-refractivity contribution is 9.10. The highest BCUT2D eigenvalue weighted by atomic mass is 79.9. The number of rotatable bonds is 4. The zero-order valence-electron chi connectivity index (χ0n) is 8.88. The van der Waals surface area contributed by atoms with Gasteiger partial charge in [0, 0.05) is 7.05 Å². The van der Waals surface area contributed by atoms with Gasteiger partial charge >= 0.3 is 0 Å². The molecule has 0 bridgehead atoms. The van der Waals surface area contributed by atoms with Gasteiger partial charge in [0.25, 0.3) is 0 Å². The first-order valence-corrected chi connectivity index (χ1v) is 6.32. The maximum atomic E-state index is 4.25. The molecule has 0 saturated heterocycles. The lowest BCUT2D eigenvalue weighted by Crippen LogP contribution is -2.24. The molecule has 2 heterocycles. The Kier molecular flexibility index (Phi) is 3.62. The van der Waals surface area contributed by atoms with E-state index in [1.54, 1.807) is 10.9 Å². The Morgan fingerprint density at radius 1 is 1.62 bits per heavy atom. The van der Waals surface area contributed by atoms with Gasteiger partial charge in [0.1, 0.15) is 0 Å². The van der Waals surface area contributed by atoms with Gasteiger partial charge in [-0.25, -0.2) is 4.68 Å². The fourth-order valence-electron chi connectivity index (χ4n) is 1.49. The molecule has 0 spiro atoms. The first kappa shape index (κ1) is 11.6. The molecule has 2 rings (SSSR count). The Balaban J connectivity index is 2.40. The summed E-state index contributed by atoms with van der Waals surface area (Å²) in [6.45, 7) is 2.88. The minimum atomic E-state index is -0.0295. The number of aryl methyl sites for hydroxylation is 1. The molecular formula is C8H11BrN6S. The molecule has 0 aliphatic heterocycles. The number of hydrogen-bond donors (Lipinski definition) is 1.